The summed E-state index contributed by atoms with van der Waals surface area (Å²) in [5, 5.41) is 12.0. The second-order valence-electron chi connectivity index (χ2n) is 5.29. The molecule has 0 aromatic heterocycles. The third-order valence-electron chi connectivity index (χ3n) is 3.24. The molecule has 0 aliphatic heterocycles. The van der Waals surface area contributed by atoms with Crippen molar-refractivity contribution >= 4 is 29.6 Å². The van der Waals surface area contributed by atoms with Crippen molar-refractivity contribution in [3.63, 3.8) is 0 Å². The van der Waals surface area contributed by atoms with Gasteiger partial charge in [-0.1, -0.05) is 30.7 Å². The molecule has 0 bridgehead atoms. The highest BCUT2D eigenvalue weighted by Crippen LogP contribution is 2.21. The molecule has 138 valence electrons. The first-order valence-corrected chi connectivity index (χ1v) is 8.36. The topological polar surface area (TPSA) is 102 Å². The smallest absolute Gasteiger partial charge is 0.407 e. The molecule has 0 aliphatic carbocycles. The molecule has 7 nitrogen and oxygen atoms in total. The van der Waals surface area contributed by atoms with Crippen LogP contribution in [0, 0.1) is 0 Å². The number of ether oxygens (including phenoxy) is 2. The molecule has 0 saturated carbocycles. The van der Waals surface area contributed by atoms with Gasteiger partial charge >= 0.3 is 18.0 Å². The summed E-state index contributed by atoms with van der Waals surface area (Å²) in [5.74, 6) is -1.30. The minimum absolute atomic E-state index is 0.0208. The zero-order chi connectivity index (χ0) is 18.7. The molecule has 1 rings (SSSR count). The third-order valence-corrected chi connectivity index (χ3v) is 3.50. The van der Waals surface area contributed by atoms with E-state index in [-0.39, 0.29) is 32.0 Å². The Morgan fingerprint density at radius 3 is 2.36 bits per heavy atom. The van der Waals surface area contributed by atoms with Crippen LogP contribution in [0.4, 0.5) is 4.79 Å². The molecule has 1 amide bonds. The predicted molar refractivity (Wildman–Crippen MR) is 91.4 cm³/mol. The lowest BCUT2D eigenvalue weighted by atomic mass is 10.0. The lowest BCUT2D eigenvalue weighted by molar-refractivity contribution is -0.144. The van der Waals surface area contributed by atoms with E-state index in [9.17, 15) is 14.4 Å². The number of carbonyl (C=O) groups excluding carboxylic acids is 2. The van der Waals surface area contributed by atoms with Crippen molar-refractivity contribution in [1.82, 2.24) is 5.32 Å². The molecule has 1 aromatic carbocycles. The molecule has 2 N–H and O–H groups in total. The molecule has 0 heterocycles. The number of nitrogens with one attached hydrogen (secondary N) is 1. The summed E-state index contributed by atoms with van der Waals surface area (Å²) in [7, 11) is 0. The van der Waals surface area contributed by atoms with Crippen LogP contribution in [0.2, 0.25) is 5.02 Å². The first-order valence-electron chi connectivity index (χ1n) is 7.98. The van der Waals surface area contributed by atoms with Crippen molar-refractivity contribution < 1.29 is 29.0 Å². The number of aliphatic carboxylic acids is 1. The number of hydrogen-bond acceptors (Lipinski definition) is 5. The van der Waals surface area contributed by atoms with Crippen LogP contribution in [0.5, 0.6) is 0 Å². The average molecular weight is 372 g/mol. The van der Waals surface area contributed by atoms with Gasteiger partial charge in [-0.2, -0.15) is 0 Å². The zero-order valence-corrected chi connectivity index (χ0v) is 14.8. The Morgan fingerprint density at radius 2 is 1.76 bits per heavy atom. The SMILES string of the molecule is CCCC(=O)OCCOC(=O)NC(CCC(=O)O)c1ccc(Cl)cc1. The normalized spacial score (nSPS) is 11.4. The molecular weight excluding hydrogens is 350 g/mol. The number of benzene rings is 1. The van der Waals surface area contributed by atoms with Crippen LogP contribution in [0.15, 0.2) is 24.3 Å². The summed E-state index contributed by atoms with van der Waals surface area (Å²) >= 11 is 5.83. The molecule has 1 unspecified atom stereocenters. The Hall–Kier alpha value is -2.28. The first kappa shape index (κ1) is 20.8. The fourth-order valence-corrected chi connectivity index (χ4v) is 2.16. The second-order valence-corrected chi connectivity index (χ2v) is 5.72. The van der Waals surface area contributed by atoms with Gasteiger partial charge in [0, 0.05) is 17.9 Å². The van der Waals surface area contributed by atoms with Crippen molar-refractivity contribution in [1.29, 1.82) is 0 Å². The average Bonchev–Trinajstić information content (AvgIpc) is 2.56. The molecule has 8 heteroatoms. The fraction of sp³-hybridized carbons (Fsp3) is 0.471. The van der Waals surface area contributed by atoms with E-state index in [1.807, 2.05) is 6.92 Å². The van der Waals surface area contributed by atoms with Crippen molar-refractivity contribution in [3.8, 4) is 0 Å². The van der Waals surface area contributed by atoms with Gasteiger partial charge in [0.15, 0.2) is 0 Å². The number of rotatable bonds is 10. The first-order chi connectivity index (χ1) is 11.9. The van der Waals surface area contributed by atoms with E-state index in [4.69, 9.17) is 26.2 Å². The second kappa shape index (κ2) is 11.3. The van der Waals surface area contributed by atoms with E-state index < -0.39 is 18.1 Å². The number of carbonyl (C=O) groups is 3. The van der Waals surface area contributed by atoms with Crippen LogP contribution in [-0.4, -0.2) is 36.4 Å². The Balaban J connectivity index is 2.49. The lowest BCUT2D eigenvalue weighted by Gasteiger charge is -2.18. The van der Waals surface area contributed by atoms with E-state index in [0.29, 0.717) is 17.9 Å². The Labute approximate surface area is 151 Å². The highest BCUT2D eigenvalue weighted by molar-refractivity contribution is 6.30. The number of carboxylic acids is 1. The minimum atomic E-state index is -0.961. The molecular formula is C17H22ClNO6. The highest BCUT2D eigenvalue weighted by Gasteiger charge is 2.17. The number of hydrogen-bond donors (Lipinski definition) is 2. The monoisotopic (exact) mass is 371 g/mol. The molecule has 0 radical (unpaired) electrons. The van der Waals surface area contributed by atoms with E-state index in [1.54, 1.807) is 24.3 Å². The molecule has 0 spiro atoms. The summed E-state index contributed by atoms with van der Waals surface area (Å²) < 4.78 is 9.83. The number of alkyl carbamates (subject to hydrolysis) is 1. The number of halogens is 1. The van der Waals surface area contributed by atoms with E-state index in [1.165, 1.54) is 0 Å². The van der Waals surface area contributed by atoms with Gasteiger partial charge in [0.05, 0.1) is 6.04 Å². The van der Waals surface area contributed by atoms with E-state index >= 15 is 0 Å². The Morgan fingerprint density at radius 1 is 1.12 bits per heavy atom. The Kier molecular flexibility index (Phi) is 9.39. The van der Waals surface area contributed by atoms with Crippen LogP contribution in [0.1, 0.15) is 44.2 Å². The molecule has 0 fully saturated rings. The maximum absolute atomic E-state index is 11.9. The van der Waals surface area contributed by atoms with Gasteiger partial charge in [-0.3, -0.25) is 9.59 Å². The van der Waals surface area contributed by atoms with Crippen LogP contribution < -0.4 is 5.32 Å². The van der Waals surface area contributed by atoms with Gasteiger partial charge in [-0.15, -0.1) is 0 Å². The summed E-state index contributed by atoms with van der Waals surface area (Å²) in [4.78, 5) is 33.8. The summed E-state index contributed by atoms with van der Waals surface area (Å²) in [6.07, 6.45) is 0.392. The summed E-state index contributed by atoms with van der Waals surface area (Å²) in [6, 6.07) is 6.21. The van der Waals surface area contributed by atoms with Gasteiger partial charge in [0.25, 0.3) is 0 Å². The van der Waals surface area contributed by atoms with Gasteiger partial charge in [0.1, 0.15) is 13.2 Å². The lowest BCUT2D eigenvalue weighted by Crippen LogP contribution is -2.30. The quantitative estimate of drug-likeness (QED) is 0.483. The summed E-state index contributed by atoms with van der Waals surface area (Å²) in [6.45, 7) is 1.76. The Bertz CT molecular complexity index is 575. The van der Waals surface area contributed by atoms with Gasteiger partial charge in [0.2, 0.25) is 0 Å². The number of esters is 1. The number of amides is 1. The van der Waals surface area contributed by atoms with Gasteiger partial charge < -0.3 is 19.9 Å². The molecule has 1 atom stereocenters. The van der Waals surface area contributed by atoms with Gasteiger partial charge in [-0.25, -0.2) is 4.79 Å². The molecule has 0 saturated heterocycles. The van der Waals surface area contributed by atoms with Crippen LogP contribution in [0.25, 0.3) is 0 Å². The molecule has 1 aromatic rings. The molecule has 25 heavy (non-hydrogen) atoms. The van der Waals surface area contributed by atoms with Crippen LogP contribution in [-0.2, 0) is 19.1 Å². The number of carboxylic acid groups (broad SMARTS) is 1. The van der Waals surface area contributed by atoms with E-state index in [2.05, 4.69) is 5.32 Å². The maximum Gasteiger partial charge on any atom is 0.407 e. The highest BCUT2D eigenvalue weighted by atomic mass is 35.5. The maximum atomic E-state index is 11.9. The van der Waals surface area contributed by atoms with Gasteiger partial charge in [-0.05, 0) is 30.5 Å². The van der Waals surface area contributed by atoms with Crippen LogP contribution in [0.3, 0.4) is 0 Å². The largest absolute Gasteiger partial charge is 0.481 e. The minimum Gasteiger partial charge on any atom is -0.481 e. The van der Waals surface area contributed by atoms with E-state index in [0.717, 1.165) is 5.56 Å². The summed E-state index contributed by atoms with van der Waals surface area (Å²) in [5.41, 5.74) is 0.719. The van der Waals surface area contributed by atoms with Crippen molar-refractivity contribution in [3.05, 3.63) is 34.9 Å². The third kappa shape index (κ3) is 8.95. The van der Waals surface area contributed by atoms with Crippen molar-refractivity contribution in [2.24, 2.45) is 0 Å². The fourth-order valence-electron chi connectivity index (χ4n) is 2.04. The molecule has 0 aliphatic rings. The standard InChI is InChI=1S/C17H22ClNO6/c1-2-3-16(22)24-10-11-25-17(23)19-14(8-9-15(20)21)12-4-6-13(18)7-5-12/h4-7,14H,2-3,8-11H2,1H3,(H,19,23)(H,20,21). The van der Waals surface area contributed by atoms with Crippen molar-refractivity contribution in [2.45, 2.75) is 38.6 Å². The van der Waals surface area contributed by atoms with Crippen molar-refractivity contribution in [2.75, 3.05) is 13.2 Å². The van der Waals surface area contributed by atoms with Crippen LogP contribution >= 0.6 is 11.6 Å². The zero-order valence-electron chi connectivity index (χ0n) is 14.0. The predicted octanol–water partition coefficient (Wildman–Crippen LogP) is 3.32.